The van der Waals surface area contributed by atoms with Gasteiger partial charge in [0, 0.05) is 31.5 Å². The van der Waals surface area contributed by atoms with Gasteiger partial charge in [0.2, 0.25) is 0 Å². The van der Waals surface area contributed by atoms with Gasteiger partial charge in [-0.2, -0.15) is 0 Å². The zero-order valence-electron chi connectivity index (χ0n) is 14.0. The molecule has 0 aliphatic heterocycles. The number of nitrogens with two attached hydrogens (primary N) is 1. The van der Waals surface area contributed by atoms with E-state index in [0.29, 0.717) is 12.5 Å². The molecule has 0 saturated heterocycles. The summed E-state index contributed by atoms with van der Waals surface area (Å²) in [6.45, 7) is 4.61. The Hall–Kier alpha value is -1.83. The summed E-state index contributed by atoms with van der Waals surface area (Å²) in [6.07, 6.45) is 1.78. The van der Waals surface area contributed by atoms with Gasteiger partial charge >= 0.3 is 0 Å². The third-order valence-corrected chi connectivity index (χ3v) is 3.20. The van der Waals surface area contributed by atoms with E-state index >= 15 is 0 Å². The first-order valence-electron chi connectivity index (χ1n) is 7.22. The molecule has 0 unspecified atom stereocenters. The van der Waals surface area contributed by atoms with Crippen LogP contribution in [0.4, 0.5) is 11.5 Å². The molecule has 0 amide bonds. The maximum atomic E-state index is 5.98. The molecule has 0 saturated carbocycles. The van der Waals surface area contributed by atoms with E-state index in [4.69, 9.17) is 5.73 Å². The van der Waals surface area contributed by atoms with Crippen molar-refractivity contribution in [2.24, 2.45) is 10.7 Å². The molecule has 1 heterocycles. The smallest absolute Gasteiger partial charge is 0.193 e. The zero-order chi connectivity index (χ0) is 16.1. The second-order valence-corrected chi connectivity index (χ2v) is 5.58. The Morgan fingerprint density at radius 1 is 1.22 bits per heavy atom. The Morgan fingerprint density at radius 3 is 2.48 bits per heavy atom. The summed E-state index contributed by atoms with van der Waals surface area (Å²) in [5.41, 5.74) is 10.4. The van der Waals surface area contributed by atoms with Crippen LogP contribution in [0.2, 0.25) is 0 Å². The summed E-state index contributed by atoms with van der Waals surface area (Å²) < 4.78 is 0. The lowest BCUT2D eigenvalue weighted by Gasteiger charge is -2.14. The number of pyridine rings is 1. The number of rotatable bonds is 4. The minimum absolute atomic E-state index is 0. The van der Waals surface area contributed by atoms with Gasteiger partial charge in [-0.05, 0) is 43.2 Å². The first kappa shape index (κ1) is 19.2. The number of aromatic nitrogens is 1. The number of hydrogen-bond acceptors (Lipinski definition) is 3. The van der Waals surface area contributed by atoms with E-state index in [1.165, 1.54) is 11.1 Å². The predicted molar refractivity (Wildman–Crippen MR) is 109 cm³/mol. The Morgan fingerprint density at radius 2 is 1.87 bits per heavy atom. The van der Waals surface area contributed by atoms with E-state index in [1.807, 2.05) is 43.3 Å². The Bertz CT molecular complexity index is 662. The fourth-order valence-corrected chi connectivity index (χ4v) is 2.36. The van der Waals surface area contributed by atoms with E-state index in [2.05, 4.69) is 35.2 Å². The van der Waals surface area contributed by atoms with Crippen LogP contribution in [0.1, 0.15) is 16.7 Å². The van der Waals surface area contributed by atoms with Crippen LogP contribution in [0.25, 0.3) is 0 Å². The van der Waals surface area contributed by atoms with Crippen LogP contribution in [0.15, 0.2) is 41.5 Å². The van der Waals surface area contributed by atoms with Crippen molar-refractivity contribution in [3.05, 3.63) is 53.2 Å². The second-order valence-electron chi connectivity index (χ2n) is 5.58. The van der Waals surface area contributed by atoms with Crippen molar-refractivity contribution in [2.75, 3.05) is 24.3 Å². The molecule has 124 valence electrons. The molecule has 0 bridgehead atoms. The molecule has 23 heavy (non-hydrogen) atoms. The summed E-state index contributed by atoms with van der Waals surface area (Å²) in [5.74, 6) is 1.31. The predicted octanol–water partition coefficient (Wildman–Crippen LogP) is 3.31. The van der Waals surface area contributed by atoms with Gasteiger partial charge in [0.05, 0.1) is 6.54 Å². The largest absolute Gasteiger partial charge is 0.370 e. The minimum Gasteiger partial charge on any atom is -0.370 e. The lowest BCUT2D eigenvalue weighted by atomic mass is 10.1. The number of nitrogens with zero attached hydrogens (tertiary/aromatic N) is 3. The van der Waals surface area contributed by atoms with Gasteiger partial charge in [0.25, 0.3) is 0 Å². The molecule has 6 heteroatoms. The van der Waals surface area contributed by atoms with Gasteiger partial charge in [-0.25, -0.2) is 9.98 Å². The van der Waals surface area contributed by atoms with Crippen molar-refractivity contribution in [3.63, 3.8) is 0 Å². The molecule has 5 nitrogen and oxygen atoms in total. The molecule has 0 spiro atoms. The Kier molecular flexibility index (Phi) is 7.28. The molecular formula is C17H24IN5. The van der Waals surface area contributed by atoms with Crippen LogP contribution >= 0.6 is 24.0 Å². The van der Waals surface area contributed by atoms with E-state index < -0.39 is 0 Å². The average molecular weight is 425 g/mol. The highest BCUT2D eigenvalue weighted by Crippen LogP contribution is 2.16. The van der Waals surface area contributed by atoms with Crippen LogP contribution in [0.3, 0.4) is 0 Å². The molecule has 3 N–H and O–H groups in total. The Balaban J connectivity index is 0.00000264. The van der Waals surface area contributed by atoms with Crippen molar-refractivity contribution in [2.45, 2.75) is 20.4 Å². The number of aryl methyl sites for hydroxylation is 2. The van der Waals surface area contributed by atoms with Crippen molar-refractivity contribution >= 4 is 41.4 Å². The lowest BCUT2D eigenvalue weighted by molar-refractivity contribution is 0.983. The molecule has 2 aromatic rings. The van der Waals surface area contributed by atoms with Gasteiger partial charge in [0.15, 0.2) is 5.96 Å². The SMILES string of the molecule is Cc1cc(C)cc(NC(N)=NCc2cccnc2N(C)C)c1.I. The number of guanidine groups is 1. The highest BCUT2D eigenvalue weighted by Gasteiger charge is 2.05. The average Bonchev–Trinajstić information content (AvgIpc) is 2.44. The molecule has 0 atom stereocenters. The number of hydrogen-bond donors (Lipinski definition) is 2. The quantitative estimate of drug-likeness (QED) is 0.448. The van der Waals surface area contributed by atoms with E-state index in [0.717, 1.165) is 17.1 Å². The fraction of sp³-hybridized carbons (Fsp3) is 0.294. The topological polar surface area (TPSA) is 66.5 Å². The third kappa shape index (κ3) is 5.70. The standard InChI is InChI=1S/C17H23N5.HI/c1-12-8-13(2)10-15(9-12)21-17(18)20-11-14-6-5-7-19-16(14)22(3)4;/h5-10H,11H2,1-4H3,(H3,18,20,21);1H. The van der Waals surface area contributed by atoms with Gasteiger partial charge in [-0.1, -0.05) is 12.1 Å². The van der Waals surface area contributed by atoms with Crippen LogP contribution in [0, 0.1) is 13.8 Å². The zero-order valence-corrected chi connectivity index (χ0v) is 16.3. The molecule has 0 radical (unpaired) electrons. The van der Waals surface area contributed by atoms with Crippen LogP contribution in [-0.4, -0.2) is 25.0 Å². The first-order chi connectivity index (χ1) is 10.5. The van der Waals surface area contributed by atoms with E-state index in [9.17, 15) is 0 Å². The molecule has 0 aliphatic rings. The van der Waals surface area contributed by atoms with Crippen LogP contribution in [0.5, 0.6) is 0 Å². The summed E-state index contributed by atoms with van der Waals surface area (Å²) in [6, 6.07) is 10.1. The van der Waals surface area contributed by atoms with Gasteiger partial charge in [-0.15, -0.1) is 24.0 Å². The molecule has 2 rings (SSSR count). The third-order valence-electron chi connectivity index (χ3n) is 3.20. The van der Waals surface area contributed by atoms with E-state index in [1.54, 1.807) is 6.20 Å². The van der Waals surface area contributed by atoms with Crippen molar-refractivity contribution < 1.29 is 0 Å². The summed E-state index contributed by atoms with van der Waals surface area (Å²) in [5, 5.41) is 3.14. The number of halogens is 1. The monoisotopic (exact) mass is 425 g/mol. The van der Waals surface area contributed by atoms with Gasteiger partial charge in [-0.3, -0.25) is 0 Å². The highest BCUT2D eigenvalue weighted by molar-refractivity contribution is 14.0. The molecule has 1 aromatic carbocycles. The molecule has 1 aromatic heterocycles. The van der Waals surface area contributed by atoms with Crippen LogP contribution in [-0.2, 0) is 6.54 Å². The summed E-state index contributed by atoms with van der Waals surface area (Å²) in [4.78, 5) is 10.7. The fourth-order valence-electron chi connectivity index (χ4n) is 2.36. The number of anilines is 2. The van der Waals surface area contributed by atoms with Crippen LogP contribution < -0.4 is 16.0 Å². The van der Waals surface area contributed by atoms with E-state index in [-0.39, 0.29) is 24.0 Å². The maximum Gasteiger partial charge on any atom is 0.193 e. The normalized spacial score (nSPS) is 10.9. The minimum atomic E-state index is 0. The second kappa shape index (κ2) is 8.71. The number of nitrogens with one attached hydrogen (secondary N) is 1. The number of aliphatic imine (C=N–C) groups is 1. The summed E-state index contributed by atoms with van der Waals surface area (Å²) >= 11 is 0. The van der Waals surface area contributed by atoms with Crippen molar-refractivity contribution in [3.8, 4) is 0 Å². The Labute approximate surface area is 155 Å². The lowest BCUT2D eigenvalue weighted by Crippen LogP contribution is -2.23. The van der Waals surface area contributed by atoms with Crippen molar-refractivity contribution in [1.29, 1.82) is 0 Å². The summed E-state index contributed by atoms with van der Waals surface area (Å²) in [7, 11) is 3.93. The van der Waals surface area contributed by atoms with Gasteiger partial charge < -0.3 is 16.0 Å². The molecule has 0 fully saturated rings. The maximum absolute atomic E-state index is 5.98. The number of benzene rings is 1. The van der Waals surface area contributed by atoms with Crippen molar-refractivity contribution in [1.82, 2.24) is 4.98 Å². The van der Waals surface area contributed by atoms with Gasteiger partial charge in [0.1, 0.15) is 5.82 Å². The molecule has 0 aliphatic carbocycles. The highest BCUT2D eigenvalue weighted by atomic mass is 127. The first-order valence-corrected chi connectivity index (χ1v) is 7.22. The molecular weight excluding hydrogens is 401 g/mol.